The van der Waals surface area contributed by atoms with Gasteiger partial charge in [-0.3, -0.25) is 4.79 Å². The monoisotopic (exact) mass is 334 g/mol. The van der Waals surface area contributed by atoms with Crippen LogP contribution in [0.2, 0.25) is 0 Å². The topological polar surface area (TPSA) is 55.1 Å². The molecule has 1 unspecified atom stereocenters. The van der Waals surface area contributed by atoms with E-state index in [0.717, 1.165) is 42.5 Å². The first-order valence-corrected chi connectivity index (χ1v) is 7.69. The molecule has 0 heterocycles. The summed E-state index contributed by atoms with van der Waals surface area (Å²) in [5.41, 5.74) is 8.27. The van der Waals surface area contributed by atoms with Crippen LogP contribution in [0.15, 0.2) is 42.5 Å². The lowest BCUT2D eigenvalue weighted by Gasteiger charge is -2.21. The zero-order valence-electron chi connectivity index (χ0n) is 12.9. The number of hydrogen-bond donors (Lipinski definition) is 2. The quantitative estimate of drug-likeness (QED) is 0.878. The highest BCUT2D eigenvalue weighted by atomic mass is 19.4. The summed E-state index contributed by atoms with van der Waals surface area (Å²) in [5.74, 6) is -0.340. The van der Waals surface area contributed by atoms with Gasteiger partial charge in [-0.05, 0) is 66.8 Å². The number of anilines is 1. The smallest absolute Gasteiger partial charge is 0.327 e. The van der Waals surface area contributed by atoms with Crippen LogP contribution in [0.5, 0.6) is 0 Å². The fraction of sp³-hybridized carbons (Fsp3) is 0.278. The Morgan fingerprint density at radius 1 is 1.08 bits per heavy atom. The van der Waals surface area contributed by atoms with E-state index in [2.05, 4.69) is 5.32 Å². The Morgan fingerprint density at radius 2 is 1.79 bits per heavy atom. The van der Waals surface area contributed by atoms with Crippen LogP contribution in [0.4, 0.5) is 18.9 Å². The van der Waals surface area contributed by atoms with Crippen molar-refractivity contribution in [3.8, 4) is 0 Å². The Balaban J connectivity index is 1.73. The molecule has 0 spiro atoms. The van der Waals surface area contributed by atoms with Gasteiger partial charge in [0, 0.05) is 17.3 Å². The number of aryl methyl sites for hydroxylation is 1. The van der Waals surface area contributed by atoms with Gasteiger partial charge in [0.2, 0.25) is 0 Å². The van der Waals surface area contributed by atoms with Gasteiger partial charge in [-0.2, -0.15) is 13.2 Å². The van der Waals surface area contributed by atoms with E-state index in [1.807, 2.05) is 12.1 Å². The molecule has 0 saturated heterocycles. The van der Waals surface area contributed by atoms with Crippen molar-refractivity contribution in [2.75, 3.05) is 5.32 Å². The molecule has 1 aliphatic carbocycles. The molecule has 2 aromatic rings. The maximum Gasteiger partial charge on any atom is 0.416 e. The van der Waals surface area contributed by atoms with Crippen LogP contribution in [0.1, 0.15) is 33.5 Å². The molecule has 6 heteroatoms. The Kier molecular flexibility index (Phi) is 4.32. The third-order valence-electron chi connectivity index (χ3n) is 4.21. The number of benzene rings is 2. The van der Waals surface area contributed by atoms with Crippen molar-refractivity contribution >= 4 is 11.6 Å². The third-order valence-corrected chi connectivity index (χ3v) is 4.21. The molecule has 0 aromatic heterocycles. The van der Waals surface area contributed by atoms with Gasteiger partial charge < -0.3 is 11.1 Å². The first-order valence-electron chi connectivity index (χ1n) is 7.69. The predicted octanol–water partition coefficient (Wildman–Crippen LogP) is 3.77. The van der Waals surface area contributed by atoms with Gasteiger partial charge in [0.25, 0.3) is 5.91 Å². The van der Waals surface area contributed by atoms with Crippen molar-refractivity contribution in [3.05, 3.63) is 64.7 Å². The van der Waals surface area contributed by atoms with Gasteiger partial charge in [0.05, 0.1) is 5.56 Å². The molecule has 24 heavy (non-hydrogen) atoms. The van der Waals surface area contributed by atoms with Crippen molar-refractivity contribution in [1.29, 1.82) is 0 Å². The van der Waals surface area contributed by atoms with Gasteiger partial charge in [-0.25, -0.2) is 0 Å². The largest absolute Gasteiger partial charge is 0.416 e. The Bertz CT molecular complexity index is 754. The fourth-order valence-electron chi connectivity index (χ4n) is 2.87. The van der Waals surface area contributed by atoms with Crippen molar-refractivity contribution in [1.82, 2.24) is 0 Å². The van der Waals surface area contributed by atoms with E-state index in [9.17, 15) is 18.0 Å². The standard InChI is InChI=1S/C18H17F3N2O/c19-18(20,21)14-4-7-16(8-5-14)23-17(24)13-2-1-12-10-15(22)6-3-11(12)9-13/h1-2,4-5,7-9,15H,3,6,10,22H2,(H,23,24). The van der Waals surface area contributed by atoms with E-state index in [1.54, 1.807) is 6.07 Å². The number of fused-ring (bicyclic) bond motifs is 1. The van der Waals surface area contributed by atoms with Crippen LogP contribution >= 0.6 is 0 Å². The predicted molar refractivity (Wildman–Crippen MR) is 85.8 cm³/mol. The molecule has 0 radical (unpaired) electrons. The summed E-state index contributed by atoms with van der Waals surface area (Å²) < 4.78 is 37.6. The number of nitrogens with one attached hydrogen (secondary N) is 1. The van der Waals surface area contributed by atoms with Crippen LogP contribution in [0, 0.1) is 0 Å². The van der Waals surface area contributed by atoms with E-state index in [4.69, 9.17) is 5.73 Å². The lowest BCUT2D eigenvalue weighted by atomic mass is 9.87. The molecule has 0 bridgehead atoms. The first kappa shape index (κ1) is 16.5. The second-order valence-corrected chi connectivity index (χ2v) is 6.02. The molecule has 0 aliphatic heterocycles. The Labute approximate surface area is 137 Å². The first-order chi connectivity index (χ1) is 11.3. The second kappa shape index (κ2) is 6.28. The minimum atomic E-state index is -4.39. The van der Waals surface area contributed by atoms with E-state index < -0.39 is 11.7 Å². The Hall–Kier alpha value is -2.34. The number of rotatable bonds is 2. The van der Waals surface area contributed by atoms with E-state index >= 15 is 0 Å². The summed E-state index contributed by atoms with van der Waals surface area (Å²) in [4.78, 5) is 12.3. The summed E-state index contributed by atoms with van der Waals surface area (Å²) >= 11 is 0. The number of halogens is 3. The molecule has 126 valence electrons. The van der Waals surface area contributed by atoms with Crippen LogP contribution in [0.25, 0.3) is 0 Å². The third kappa shape index (κ3) is 3.59. The van der Waals surface area contributed by atoms with Gasteiger partial charge in [-0.1, -0.05) is 6.07 Å². The van der Waals surface area contributed by atoms with Crippen molar-refractivity contribution in [3.63, 3.8) is 0 Å². The molecule has 0 fully saturated rings. The molecule has 3 nitrogen and oxygen atoms in total. The highest BCUT2D eigenvalue weighted by molar-refractivity contribution is 6.04. The molecule has 3 N–H and O–H groups in total. The fourth-order valence-corrected chi connectivity index (χ4v) is 2.87. The number of carbonyl (C=O) groups excluding carboxylic acids is 1. The highest BCUT2D eigenvalue weighted by Crippen LogP contribution is 2.30. The second-order valence-electron chi connectivity index (χ2n) is 6.02. The maximum absolute atomic E-state index is 12.5. The molecule has 3 rings (SSSR count). The van der Waals surface area contributed by atoms with Gasteiger partial charge in [0.1, 0.15) is 0 Å². The summed E-state index contributed by atoms with van der Waals surface area (Å²) in [6.07, 6.45) is -1.87. The highest BCUT2D eigenvalue weighted by Gasteiger charge is 2.30. The van der Waals surface area contributed by atoms with E-state index in [1.165, 1.54) is 12.1 Å². The SMILES string of the molecule is NC1CCc2cc(C(=O)Nc3ccc(C(F)(F)F)cc3)ccc2C1. The van der Waals surface area contributed by atoms with Crippen LogP contribution < -0.4 is 11.1 Å². The molecular formula is C18H17F3N2O. The molecule has 2 aromatic carbocycles. The molecule has 1 aliphatic rings. The van der Waals surface area contributed by atoms with Crippen molar-refractivity contribution in [2.45, 2.75) is 31.5 Å². The number of carbonyl (C=O) groups is 1. The van der Waals surface area contributed by atoms with Crippen LogP contribution in [-0.4, -0.2) is 11.9 Å². The number of alkyl halides is 3. The van der Waals surface area contributed by atoms with Crippen LogP contribution in [0.3, 0.4) is 0 Å². The lowest BCUT2D eigenvalue weighted by molar-refractivity contribution is -0.137. The minimum absolute atomic E-state index is 0.157. The summed E-state index contributed by atoms with van der Waals surface area (Å²) in [5, 5.41) is 2.62. The number of nitrogens with two attached hydrogens (primary N) is 1. The molecular weight excluding hydrogens is 317 g/mol. The molecule has 1 amide bonds. The lowest BCUT2D eigenvalue weighted by Crippen LogP contribution is -2.28. The summed E-state index contributed by atoms with van der Waals surface area (Å²) in [6, 6.07) is 10.0. The number of hydrogen-bond acceptors (Lipinski definition) is 2. The average molecular weight is 334 g/mol. The van der Waals surface area contributed by atoms with E-state index in [-0.39, 0.29) is 11.9 Å². The maximum atomic E-state index is 12.5. The van der Waals surface area contributed by atoms with Gasteiger partial charge >= 0.3 is 6.18 Å². The van der Waals surface area contributed by atoms with Gasteiger partial charge in [-0.15, -0.1) is 0 Å². The normalized spacial score (nSPS) is 17.2. The number of amides is 1. The summed E-state index contributed by atoms with van der Waals surface area (Å²) in [7, 11) is 0. The average Bonchev–Trinajstić information content (AvgIpc) is 2.54. The summed E-state index contributed by atoms with van der Waals surface area (Å²) in [6.45, 7) is 0. The van der Waals surface area contributed by atoms with E-state index in [0.29, 0.717) is 11.3 Å². The molecule has 1 atom stereocenters. The van der Waals surface area contributed by atoms with Gasteiger partial charge in [0.15, 0.2) is 0 Å². The van der Waals surface area contributed by atoms with Crippen molar-refractivity contribution in [2.24, 2.45) is 5.73 Å². The zero-order chi connectivity index (χ0) is 17.3. The minimum Gasteiger partial charge on any atom is -0.327 e. The van der Waals surface area contributed by atoms with Crippen LogP contribution in [-0.2, 0) is 19.0 Å². The van der Waals surface area contributed by atoms with Crippen molar-refractivity contribution < 1.29 is 18.0 Å². The molecule has 0 saturated carbocycles. The zero-order valence-corrected chi connectivity index (χ0v) is 12.9. The Morgan fingerprint density at radius 3 is 2.46 bits per heavy atom.